The molecule has 1 N–H and O–H groups in total. The lowest BCUT2D eigenvalue weighted by atomic mass is 9.96. The van der Waals surface area contributed by atoms with E-state index in [-0.39, 0.29) is 17.7 Å². The number of nitrogens with one attached hydrogen (secondary N) is 1. The molecule has 9 heteroatoms. The molecule has 0 saturated carbocycles. The summed E-state index contributed by atoms with van der Waals surface area (Å²) in [6.07, 6.45) is 1.75. The number of likely N-dealkylation sites (tertiary alicyclic amines) is 1. The fourth-order valence-corrected chi connectivity index (χ4v) is 6.02. The standard InChI is InChI=1S/C26H27ClN4O3S/c1-30-10-9-21-23(15-30)35-26(28-21)29-24(32)17-5-3-4-16(12-17)19-8-11-31(14-19)25(33)18-6-7-22(34-2)20(27)13-18/h3-7,12-13,19H,8-11,14-15H2,1-2H3,(H,28,29,32). The number of rotatable bonds is 5. The number of carbonyl (C=O) groups excluding carboxylic acids is 2. The van der Waals surface area contributed by atoms with Crippen LogP contribution in [0, 0.1) is 0 Å². The second-order valence-corrected chi connectivity index (χ2v) is 10.5. The summed E-state index contributed by atoms with van der Waals surface area (Å²) in [6, 6.07) is 12.8. The first-order valence-electron chi connectivity index (χ1n) is 11.6. The number of carbonyl (C=O) groups is 2. The van der Waals surface area contributed by atoms with E-state index in [0.717, 1.165) is 37.2 Å². The zero-order valence-electron chi connectivity index (χ0n) is 19.7. The first-order valence-corrected chi connectivity index (χ1v) is 12.8. The molecule has 35 heavy (non-hydrogen) atoms. The highest BCUT2D eigenvalue weighted by Gasteiger charge is 2.29. The molecule has 3 aromatic rings. The Hall–Kier alpha value is -2.94. The van der Waals surface area contributed by atoms with Gasteiger partial charge in [0.25, 0.3) is 11.8 Å². The summed E-state index contributed by atoms with van der Waals surface area (Å²) in [4.78, 5) is 35.9. The van der Waals surface area contributed by atoms with Crippen molar-refractivity contribution < 1.29 is 14.3 Å². The van der Waals surface area contributed by atoms with Crippen LogP contribution < -0.4 is 10.1 Å². The summed E-state index contributed by atoms with van der Waals surface area (Å²) in [5.41, 5.74) is 3.29. The molecule has 0 aliphatic carbocycles. The van der Waals surface area contributed by atoms with E-state index in [9.17, 15) is 9.59 Å². The molecule has 1 atom stereocenters. The van der Waals surface area contributed by atoms with E-state index in [4.69, 9.17) is 16.3 Å². The average Bonchev–Trinajstić information content (AvgIpc) is 3.50. The third kappa shape index (κ3) is 5.05. The van der Waals surface area contributed by atoms with Gasteiger partial charge in [0.15, 0.2) is 5.13 Å². The van der Waals surface area contributed by atoms with E-state index in [0.29, 0.717) is 40.1 Å². The predicted octanol–water partition coefficient (Wildman–Crippen LogP) is 4.68. The van der Waals surface area contributed by atoms with Gasteiger partial charge in [0, 0.05) is 54.5 Å². The molecule has 0 radical (unpaired) electrons. The fourth-order valence-electron chi connectivity index (χ4n) is 4.68. The van der Waals surface area contributed by atoms with Crippen LogP contribution in [0.25, 0.3) is 0 Å². The van der Waals surface area contributed by atoms with Crippen molar-refractivity contribution in [3.63, 3.8) is 0 Å². The lowest BCUT2D eigenvalue weighted by molar-refractivity contribution is 0.0790. The minimum absolute atomic E-state index is 0.0515. The van der Waals surface area contributed by atoms with Crippen LogP contribution in [0.5, 0.6) is 5.75 Å². The first kappa shape index (κ1) is 23.8. The van der Waals surface area contributed by atoms with Crippen LogP contribution in [0.4, 0.5) is 5.13 Å². The number of anilines is 1. The Morgan fingerprint density at radius 3 is 2.83 bits per heavy atom. The van der Waals surface area contributed by atoms with Crippen LogP contribution in [0.15, 0.2) is 42.5 Å². The molecule has 7 nitrogen and oxygen atoms in total. The molecule has 2 aliphatic rings. The largest absolute Gasteiger partial charge is 0.495 e. The monoisotopic (exact) mass is 510 g/mol. The Balaban J connectivity index is 1.25. The number of hydrogen-bond donors (Lipinski definition) is 1. The molecule has 0 bridgehead atoms. The summed E-state index contributed by atoms with van der Waals surface area (Å²) in [6.45, 7) is 3.11. The molecule has 1 aromatic heterocycles. The number of halogens is 1. The van der Waals surface area contributed by atoms with Gasteiger partial charge in [0.1, 0.15) is 5.75 Å². The van der Waals surface area contributed by atoms with Crippen molar-refractivity contribution in [3.8, 4) is 5.75 Å². The number of thiazole rings is 1. The van der Waals surface area contributed by atoms with Crippen LogP contribution in [-0.4, -0.2) is 60.4 Å². The zero-order chi connectivity index (χ0) is 24.5. The summed E-state index contributed by atoms with van der Waals surface area (Å²) >= 11 is 7.76. The smallest absolute Gasteiger partial charge is 0.257 e. The molecule has 182 valence electrons. The van der Waals surface area contributed by atoms with Gasteiger partial charge in [-0.2, -0.15) is 0 Å². The van der Waals surface area contributed by atoms with Gasteiger partial charge in [-0.05, 0) is 49.4 Å². The van der Waals surface area contributed by atoms with E-state index >= 15 is 0 Å². The molecule has 1 unspecified atom stereocenters. The Morgan fingerprint density at radius 1 is 1.17 bits per heavy atom. The molecule has 5 rings (SSSR count). The maximum absolute atomic E-state index is 13.0. The molecule has 1 fully saturated rings. The minimum atomic E-state index is -0.162. The fraction of sp³-hybridized carbons (Fsp3) is 0.346. The highest BCUT2D eigenvalue weighted by molar-refractivity contribution is 7.15. The van der Waals surface area contributed by atoms with Crippen LogP contribution >= 0.6 is 22.9 Å². The lowest BCUT2D eigenvalue weighted by Crippen LogP contribution is -2.28. The van der Waals surface area contributed by atoms with E-state index < -0.39 is 0 Å². The van der Waals surface area contributed by atoms with E-state index in [1.54, 1.807) is 36.6 Å². The number of ether oxygens (including phenoxy) is 1. The third-order valence-electron chi connectivity index (χ3n) is 6.64. The van der Waals surface area contributed by atoms with Gasteiger partial charge in [-0.3, -0.25) is 14.9 Å². The Kier molecular flexibility index (Phi) is 6.77. The number of hydrogen-bond acceptors (Lipinski definition) is 6. The highest BCUT2D eigenvalue weighted by Crippen LogP contribution is 2.31. The highest BCUT2D eigenvalue weighted by atomic mass is 35.5. The van der Waals surface area contributed by atoms with E-state index in [1.165, 1.54) is 4.88 Å². The summed E-state index contributed by atoms with van der Waals surface area (Å²) in [5.74, 6) is 0.500. The van der Waals surface area contributed by atoms with Crippen LogP contribution in [0.1, 0.15) is 49.2 Å². The van der Waals surface area contributed by atoms with E-state index in [2.05, 4.69) is 22.2 Å². The normalized spacial score (nSPS) is 17.8. The SMILES string of the molecule is COc1ccc(C(=O)N2CCC(c3cccc(C(=O)Nc4nc5c(s4)CN(C)CC5)c3)C2)cc1Cl. The Bertz CT molecular complexity index is 1280. The maximum Gasteiger partial charge on any atom is 0.257 e. The molecule has 3 heterocycles. The molecule has 2 aromatic carbocycles. The molecule has 1 saturated heterocycles. The van der Waals surface area contributed by atoms with Crippen LogP contribution in [-0.2, 0) is 13.0 Å². The summed E-state index contributed by atoms with van der Waals surface area (Å²) in [5, 5.41) is 4.04. The molecular formula is C26H27ClN4O3S. The van der Waals surface area contributed by atoms with E-state index in [1.807, 2.05) is 29.2 Å². The second kappa shape index (κ2) is 9.97. The summed E-state index contributed by atoms with van der Waals surface area (Å²) in [7, 11) is 3.64. The maximum atomic E-state index is 13.0. The number of fused-ring (bicyclic) bond motifs is 1. The molecule has 0 spiro atoms. The number of amides is 2. The van der Waals surface area contributed by atoms with Crippen molar-refractivity contribution in [3.05, 3.63) is 74.7 Å². The Labute approximate surface area is 213 Å². The molecule has 2 amide bonds. The van der Waals surface area contributed by atoms with Crippen molar-refractivity contribution in [1.29, 1.82) is 0 Å². The third-order valence-corrected chi connectivity index (χ3v) is 7.93. The van der Waals surface area contributed by atoms with Crippen LogP contribution in [0.2, 0.25) is 5.02 Å². The van der Waals surface area contributed by atoms with Crippen LogP contribution in [0.3, 0.4) is 0 Å². The second-order valence-electron chi connectivity index (χ2n) is 9.04. The number of methoxy groups -OCH3 is 1. The Morgan fingerprint density at radius 2 is 2.03 bits per heavy atom. The summed E-state index contributed by atoms with van der Waals surface area (Å²) < 4.78 is 5.18. The van der Waals surface area contributed by atoms with Gasteiger partial charge in [0.2, 0.25) is 0 Å². The van der Waals surface area contributed by atoms with Crippen molar-refractivity contribution in [1.82, 2.24) is 14.8 Å². The number of benzene rings is 2. The van der Waals surface area contributed by atoms with Gasteiger partial charge in [0.05, 0.1) is 17.8 Å². The average molecular weight is 511 g/mol. The number of aromatic nitrogens is 1. The quantitative estimate of drug-likeness (QED) is 0.539. The molecular weight excluding hydrogens is 484 g/mol. The predicted molar refractivity (Wildman–Crippen MR) is 138 cm³/mol. The van der Waals surface area contributed by atoms with Gasteiger partial charge in [-0.25, -0.2) is 4.98 Å². The van der Waals surface area contributed by atoms with Gasteiger partial charge < -0.3 is 14.5 Å². The lowest BCUT2D eigenvalue weighted by Gasteiger charge is -2.20. The van der Waals surface area contributed by atoms with Crippen molar-refractivity contribution in [2.45, 2.75) is 25.3 Å². The van der Waals surface area contributed by atoms with Gasteiger partial charge in [-0.15, -0.1) is 11.3 Å². The van der Waals surface area contributed by atoms with Crippen molar-refractivity contribution in [2.24, 2.45) is 0 Å². The zero-order valence-corrected chi connectivity index (χ0v) is 21.3. The molecule has 2 aliphatic heterocycles. The van der Waals surface area contributed by atoms with Crippen molar-refractivity contribution in [2.75, 3.05) is 39.1 Å². The first-order chi connectivity index (χ1) is 16.9. The van der Waals surface area contributed by atoms with Gasteiger partial charge in [-0.1, -0.05) is 23.7 Å². The minimum Gasteiger partial charge on any atom is -0.495 e. The topological polar surface area (TPSA) is 74.8 Å². The number of nitrogens with zero attached hydrogens (tertiary/aromatic N) is 3. The van der Waals surface area contributed by atoms with Gasteiger partial charge >= 0.3 is 0 Å². The number of likely N-dealkylation sites (N-methyl/N-ethyl adjacent to an activating group) is 1. The van der Waals surface area contributed by atoms with Crippen molar-refractivity contribution >= 4 is 39.9 Å².